The van der Waals surface area contributed by atoms with Crippen molar-refractivity contribution in [2.45, 2.75) is 11.8 Å². The SMILES string of the molecule is Cc1onc(-c2c(Cl)cccc2Cl)c1C(=O)NC(=S)N=[S@@](C)(=O)c1ccccc1. The predicted octanol–water partition coefficient (Wildman–Crippen LogP) is 5.13. The molecular formula is C19H15Cl2N3O3S2. The molecule has 0 fully saturated rings. The lowest BCUT2D eigenvalue weighted by Crippen LogP contribution is -2.29. The minimum atomic E-state index is -2.82. The molecule has 0 spiro atoms. The molecule has 3 aromatic rings. The maximum absolute atomic E-state index is 12.8. The number of aryl methyl sites for hydroxylation is 1. The lowest BCUT2D eigenvalue weighted by Gasteiger charge is -2.08. The van der Waals surface area contributed by atoms with Crippen molar-refractivity contribution < 1.29 is 13.5 Å². The third-order valence-electron chi connectivity index (χ3n) is 3.95. The summed E-state index contributed by atoms with van der Waals surface area (Å²) in [6, 6.07) is 13.6. The Labute approximate surface area is 183 Å². The summed E-state index contributed by atoms with van der Waals surface area (Å²) in [6.07, 6.45) is 1.44. The highest BCUT2D eigenvalue weighted by atomic mass is 35.5. The van der Waals surface area contributed by atoms with Gasteiger partial charge in [-0.2, -0.15) is 4.36 Å². The lowest BCUT2D eigenvalue weighted by atomic mass is 10.1. The molecular weight excluding hydrogens is 453 g/mol. The average Bonchev–Trinajstić information content (AvgIpc) is 3.03. The van der Waals surface area contributed by atoms with E-state index in [0.29, 0.717) is 20.5 Å². The van der Waals surface area contributed by atoms with Crippen LogP contribution in [0.5, 0.6) is 0 Å². The maximum Gasteiger partial charge on any atom is 0.263 e. The quantitative estimate of drug-likeness (QED) is 0.539. The second-order valence-electron chi connectivity index (χ2n) is 6.03. The van der Waals surface area contributed by atoms with Gasteiger partial charge in [0.05, 0.1) is 19.8 Å². The largest absolute Gasteiger partial charge is 0.360 e. The number of aromatic nitrogens is 1. The highest BCUT2D eigenvalue weighted by Crippen LogP contribution is 2.36. The Morgan fingerprint density at radius 1 is 1.14 bits per heavy atom. The summed E-state index contributed by atoms with van der Waals surface area (Å²) < 4.78 is 22.0. The lowest BCUT2D eigenvalue weighted by molar-refractivity contribution is 0.0976. The number of nitrogens with zero attached hydrogens (tertiary/aromatic N) is 2. The van der Waals surface area contributed by atoms with Gasteiger partial charge in [0.25, 0.3) is 5.91 Å². The summed E-state index contributed by atoms with van der Waals surface area (Å²) in [5.74, 6) is -0.372. The molecule has 2 aromatic carbocycles. The van der Waals surface area contributed by atoms with E-state index in [1.807, 2.05) is 0 Å². The fourth-order valence-corrected chi connectivity index (χ4v) is 4.83. The van der Waals surface area contributed by atoms with Gasteiger partial charge in [-0.15, -0.1) is 0 Å². The first-order valence-corrected chi connectivity index (χ1v) is 11.3. The standard InChI is InChI=1S/C19H15Cl2N3O3S2/c1-11-15(17(23-27-11)16-13(20)9-6-10-14(16)21)18(25)22-19(28)24-29(2,26)12-7-4-3-5-8-12/h3-10H,1-2H3,(H,22,25,28)/t29-/m0/s1. The molecule has 0 aliphatic heterocycles. The molecule has 1 heterocycles. The number of nitrogens with one attached hydrogen (secondary N) is 1. The van der Waals surface area contributed by atoms with Crippen molar-refractivity contribution in [1.29, 1.82) is 0 Å². The molecule has 0 aliphatic carbocycles. The Hall–Kier alpha value is -2.26. The smallest absolute Gasteiger partial charge is 0.263 e. The molecule has 0 unspecified atom stereocenters. The summed E-state index contributed by atoms with van der Waals surface area (Å²) in [6.45, 7) is 1.57. The van der Waals surface area contributed by atoms with E-state index < -0.39 is 15.6 Å². The van der Waals surface area contributed by atoms with E-state index in [4.69, 9.17) is 39.9 Å². The van der Waals surface area contributed by atoms with Crippen molar-refractivity contribution in [3.05, 3.63) is 69.9 Å². The monoisotopic (exact) mass is 467 g/mol. The van der Waals surface area contributed by atoms with Crippen LogP contribution in [-0.4, -0.2) is 26.6 Å². The van der Waals surface area contributed by atoms with Crippen LogP contribution in [0.1, 0.15) is 16.1 Å². The number of carbonyl (C=O) groups is 1. The maximum atomic E-state index is 12.8. The predicted molar refractivity (Wildman–Crippen MR) is 118 cm³/mol. The number of rotatable bonds is 3. The van der Waals surface area contributed by atoms with Gasteiger partial charge in [0.15, 0.2) is 0 Å². The number of hydrogen-bond donors (Lipinski definition) is 1. The molecule has 1 amide bonds. The van der Waals surface area contributed by atoms with Crippen molar-refractivity contribution in [2.24, 2.45) is 4.36 Å². The zero-order valence-corrected chi connectivity index (χ0v) is 18.5. The molecule has 3 rings (SSSR count). The molecule has 29 heavy (non-hydrogen) atoms. The molecule has 1 aromatic heterocycles. The second-order valence-corrected chi connectivity index (χ2v) is 9.49. The van der Waals surface area contributed by atoms with Gasteiger partial charge in [-0.05, 0) is 43.4 Å². The molecule has 150 valence electrons. The van der Waals surface area contributed by atoms with E-state index in [9.17, 15) is 9.00 Å². The van der Waals surface area contributed by atoms with Crippen molar-refractivity contribution in [1.82, 2.24) is 10.5 Å². The number of carbonyl (C=O) groups excluding carboxylic acids is 1. The summed E-state index contributed by atoms with van der Waals surface area (Å²) in [7, 11) is -2.82. The highest BCUT2D eigenvalue weighted by Gasteiger charge is 2.25. The van der Waals surface area contributed by atoms with Gasteiger partial charge in [0, 0.05) is 16.7 Å². The van der Waals surface area contributed by atoms with E-state index in [1.54, 1.807) is 55.5 Å². The van der Waals surface area contributed by atoms with Crippen LogP contribution >= 0.6 is 35.4 Å². The molecule has 0 saturated carbocycles. The van der Waals surface area contributed by atoms with Crippen LogP contribution in [0.2, 0.25) is 10.0 Å². The number of amides is 1. The van der Waals surface area contributed by atoms with Crippen molar-refractivity contribution in [3.8, 4) is 11.3 Å². The number of halogens is 2. The van der Waals surface area contributed by atoms with Gasteiger partial charge < -0.3 is 4.52 Å². The van der Waals surface area contributed by atoms with Crippen LogP contribution in [-0.2, 0) is 9.73 Å². The highest BCUT2D eigenvalue weighted by molar-refractivity contribution is 7.94. The molecule has 0 radical (unpaired) electrons. The number of hydrogen-bond acceptors (Lipinski definition) is 5. The first kappa shape index (κ1) is 21.4. The van der Waals surface area contributed by atoms with Crippen molar-refractivity contribution in [2.75, 3.05) is 6.26 Å². The van der Waals surface area contributed by atoms with E-state index in [0.717, 1.165) is 0 Å². The van der Waals surface area contributed by atoms with Gasteiger partial charge in [-0.25, -0.2) is 4.21 Å². The van der Waals surface area contributed by atoms with E-state index in [1.165, 1.54) is 6.26 Å². The zero-order valence-electron chi connectivity index (χ0n) is 15.3. The van der Waals surface area contributed by atoms with Crippen LogP contribution in [0.25, 0.3) is 11.3 Å². The summed E-state index contributed by atoms with van der Waals surface area (Å²) in [4.78, 5) is 13.3. The van der Waals surface area contributed by atoms with Gasteiger partial charge in [0.2, 0.25) is 5.11 Å². The van der Waals surface area contributed by atoms with Crippen LogP contribution < -0.4 is 5.32 Å². The normalized spacial score (nSPS) is 12.8. The molecule has 1 N–H and O–H groups in total. The molecule has 1 atom stereocenters. The van der Waals surface area contributed by atoms with Crippen molar-refractivity contribution in [3.63, 3.8) is 0 Å². The van der Waals surface area contributed by atoms with Crippen LogP contribution in [0, 0.1) is 6.92 Å². The Kier molecular flexibility index (Phi) is 6.38. The van der Waals surface area contributed by atoms with Gasteiger partial charge in [0.1, 0.15) is 17.0 Å². The third-order valence-corrected chi connectivity index (χ3v) is 6.56. The van der Waals surface area contributed by atoms with Gasteiger partial charge >= 0.3 is 0 Å². The first-order chi connectivity index (χ1) is 13.7. The first-order valence-electron chi connectivity index (χ1n) is 8.24. The molecule has 0 saturated heterocycles. The van der Waals surface area contributed by atoms with E-state index in [2.05, 4.69) is 14.8 Å². The average molecular weight is 468 g/mol. The summed E-state index contributed by atoms with van der Waals surface area (Å²) in [5.41, 5.74) is 0.655. The Balaban J connectivity index is 1.93. The molecule has 0 bridgehead atoms. The Bertz CT molecular complexity index is 1200. The van der Waals surface area contributed by atoms with Crippen LogP contribution in [0.15, 0.2) is 62.3 Å². The number of benzene rings is 2. The summed E-state index contributed by atoms with van der Waals surface area (Å²) in [5, 5.41) is 6.79. The Morgan fingerprint density at radius 3 is 2.38 bits per heavy atom. The second kappa shape index (κ2) is 8.62. The third kappa shape index (κ3) is 4.67. The van der Waals surface area contributed by atoms with E-state index >= 15 is 0 Å². The van der Waals surface area contributed by atoms with Gasteiger partial charge in [-0.1, -0.05) is 52.6 Å². The van der Waals surface area contributed by atoms with Crippen LogP contribution in [0.3, 0.4) is 0 Å². The summed E-state index contributed by atoms with van der Waals surface area (Å²) >= 11 is 17.6. The molecule has 0 aliphatic rings. The van der Waals surface area contributed by atoms with E-state index in [-0.39, 0.29) is 22.1 Å². The topological polar surface area (TPSA) is 84.6 Å². The molecule has 10 heteroatoms. The van der Waals surface area contributed by atoms with Crippen LogP contribution in [0.4, 0.5) is 0 Å². The zero-order chi connectivity index (χ0) is 21.2. The minimum absolute atomic E-state index is 0.111. The fraction of sp³-hybridized carbons (Fsp3) is 0.105. The molecule has 6 nitrogen and oxygen atoms in total. The number of thiocarbonyl (C=S) groups is 1. The fourth-order valence-electron chi connectivity index (χ4n) is 2.60. The Morgan fingerprint density at radius 2 is 1.76 bits per heavy atom. The minimum Gasteiger partial charge on any atom is -0.360 e. The van der Waals surface area contributed by atoms with Crippen molar-refractivity contribution >= 4 is 56.2 Å². The van der Waals surface area contributed by atoms with Gasteiger partial charge in [-0.3, -0.25) is 10.1 Å².